The molecule has 20 heavy (non-hydrogen) atoms. The van der Waals surface area contributed by atoms with Gasteiger partial charge in [-0.3, -0.25) is 9.48 Å². The molecule has 0 saturated carbocycles. The summed E-state index contributed by atoms with van der Waals surface area (Å²) in [7, 11) is 0. The van der Waals surface area contributed by atoms with E-state index in [1.807, 2.05) is 13.8 Å². The lowest BCUT2D eigenvalue weighted by Crippen LogP contribution is -2.36. The molecule has 0 aliphatic heterocycles. The smallest absolute Gasteiger partial charge is 0.341 e. The van der Waals surface area contributed by atoms with Crippen LogP contribution in [0.5, 0.6) is 0 Å². The third-order valence-electron chi connectivity index (χ3n) is 3.14. The molecule has 1 aromatic heterocycles. The van der Waals surface area contributed by atoms with Gasteiger partial charge in [0.25, 0.3) is 0 Å². The molecule has 1 rings (SSSR count). The molecule has 0 aliphatic carbocycles. The number of likely N-dealkylation sites (N-methyl/N-ethyl adjacent to an activating group) is 1. The number of hydrogen-bond acceptors (Lipinski definition) is 2. The van der Waals surface area contributed by atoms with E-state index in [1.54, 1.807) is 11.8 Å². The summed E-state index contributed by atoms with van der Waals surface area (Å²) in [4.78, 5) is 13.8. The van der Waals surface area contributed by atoms with Gasteiger partial charge in [0, 0.05) is 13.1 Å². The summed E-state index contributed by atoms with van der Waals surface area (Å²) in [5.41, 5.74) is -0.723. The van der Waals surface area contributed by atoms with Gasteiger partial charge in [0.1, 0.15) is 6.04 Å². The second kappa shape index (κ2) is 6.15. The van der Waals surface area contributed by atoms with E-state index in [0.717, 1.165) is 4.68 Å². The molecule has 0 radical (unpaired) electrons. The lowest BCUT2D eigenvalue weighted by Gasteiger charge is -2.23. The summed E-state index contributed by atoms with van der Waals surface area (Å²) < 4.78 is 39.4. The fourth-order valence-corrected chi connectivity index (χ4v) is 2.45. The number of aromatic nitrogens is 2. The minimum absolute atomic E-state index is 0.121. The van der Waals surface area contributed by atoms with Crippen molar-refractivity contribution in [1.82, 2.24) is 14.7 Å². The molecule has 1 amide bonds. The molecule has 4 nitrogen and oxygen atoms in total. The number of rotatable bonds is 4. The second-order valence-corrected chi connectivity index (χ2v) is 5.17. The number of nitrogens with zero attached hydrogens (tertiary/aromatic N) is 3. The molecule has 0 spiro atoms. The predicted octanol–water partition coefficient (Wildman–Crippen LogP) is 3.40. The van der Waals surface area contributed by atoms with E-state index in [-0.39, 0.29) is 16.1 Å². The maximum absolute atomic E-state index is 12.8. The monoisotopic (exact) mass is 355 g/mol. The number of amides is 1. The topological polar surface area (TPSA) is 38.1 Å². The van der Waals surface area contributed by atoms with E-state index < -0.39 is 17.9 Å². The van der Waals surface area contributed by atoms with Crippen molar-refractivity contribution in [2.75, 3.05) is 13.1 Å². The average Bonchev–Trinajstić information content (AvgIpc) is 2.66. The zero-order valence-electron chi connectivity index (χ0n) is 11.8. The van der Waals surface area contributed by atoms with Crippen molar-refractivity contribution in [3.63, 3.8) is 0 Å². The Morgan fingerprint density at radius 2 is 1.90 bits per heavy atom. The van der Waals surface area contributed by atoms with Crippen molar-refractivity contribution in [3.8, 4) is 0 Å². The summed E-state index contributed by atoms with van der Waals surface area (Å²) in [6.07, 6.45) is -4.55. The molecule has 1 unspecified atom stereocenters. The van der Waals surface area contributed by atoms with Crippen molar-refractivity contribution >= 4 is 21.8 Å². The molecule has 0 bridgehead atoms. The van der Waals surface area contributed by atoms with Crippen LogP contribution in [-0.2, 0) is 11.0 Å². The molecule has 0 saturated heterocycles. The summed E-state index contributed by atoms with van der Waals surface area (Å²) in [6.45, 7) is 7.70. The van der Waals surface area contributed by atoms with Gasteiger partial charge in [0.2, 0.25) is 5.91 Å². The highest BCUT2D eigenvalue weighted by Gasteiger charge is 2.39. The van der Waals surface area contributed by atoms with E-state index >= 15 is 0 Å². The Morgan fingerprint density at radius 3 is 2.25 bits per heavy atom. The van der Waals surface area contributed by atoms with Crippen LogP contribution in [0, 0.1) is 6.92 Å². The van der Waals surface area contributed by atoms with Gasteiger partial charge < -0.3 is 4.90 Å². The minimum atomic E-state index is -4.55. The fraction of sp³-hybridized carbons (Fsp3) is 0.667. The summed E-state index contributed by atoms with van der Waals surface area (Å²) in [5, 5.41) is 3.55. The van der Waals surface area contributed by atoms with Crippen molar-refractivity contribution in [1.29, 1.82) is 0 Å². The molecule has 0 N–H and O–H groups in total. The van der Waals surface area contributed by atoms with Crippen LogP contribution in [-0.4, -0.2) is 33.7 Å². The average molecular weight is 356 g/mol. The first kappa shape index (κ1) is 17.0. The zero-order chi connectivity index (χ0) is 15.7. The summed E-state index contributed by atoms with van der Waals surface area (Å²) >= 11 is 2.90. The Hall–Kier alpha value is -1.05. The van der Waals surface area contributed by atoms with Gasteiger partial charge in [0.15, 0.2) is 5.69 Å². The maximum Gasteiger partial charge on any atom is 0.436 e. The molecule has 1 aromatic rings. The van der Waals surface area contributed by atoms with E-state index in [4.69, 9.17) is 0 Å². The van der Waals surface area contributed by atoms with Gasteiger partial charge in [-0.05, 0) is 43.6 Å². The van der Waals surface area contributed by atoms with Gasteiger partial charge in [-0.1, -0.05) is 0 Å². The molecule has 1 heterocycles. The Morgan fingerprint density at radius 1 is 1.40 bits per heavy atom. The highest BCUT2D eigenvalue weighted by molar-refractivity contribution is 9.10. The SMILES string of the molecule is CCN(CC)C(=O)C(C)n1nc(C(F)(F)F)c(Br)c1C. The van der Waals surface area contributed by atoms with Gasteiger partial charge in [-0.2, -0.15) is 18.3 Å². The number of halogens is 4. The fourth-order valence-electron chi connectivity index (χ4n) is 1.96. The van der Waals surface area contributed by atoms with Crippen LogP contribution in [0.2, 0.25) is 0 Å². The number of carbonyl (C=O) groups is 1. The van der Waals surface area contributed by atoms with Gasteiger partial charge in [-0.25, -0.2) is 0 Å². The van der Waals surface area contributed by atoms with Crippen molar-refractivity contribution < 1.29 is 18.0 Å². The van der Waals surface area contributed by atoms with Crippen LogP contribution in [0.4, 0.5) is 13.2 Å². The van der Waals surface area contributed by atoms with E-state index in [1.165, 1.54) is 6.92 Å². The Kier molecular flexibility index (Phi) is 5.23. The summed E-state index contributed by atoms with van der Waals surface area (Å²) in [5.74, 6) is -0.248. The molecule has 1 atom stereocenters. The largest absolute Gasteiger partial charge is 0.436 e. The van der Waals surface area contributed by atoms with Crippen LogP contribution < -0.4 is 0 Å². The van der Waals surface area contributed by atoms with Gasteiger partial charge >= 0.3 is 6.18 Å². The first-order chi connectivity index (χ1) is 9.15. The first-order valence-electron chi connectivity index (χ1n) is 6.25. The van der Waals surface area contributed by atoms with Crippen LogP contribution in [0.25, 0.3) is 0 Å². The van der Waals surface area contributed by atoms with E-state index in [9.17, 15) is 18.0 Å². The van der Waals surface area contributed by atoms with Crippen molar-refractivity contribution in [3.05, 3.63) is 15.9 Å². The summed E-state index contributed by atoms with van der Waals surface area (Å²) in [6, 6.07) is -0.776. The lowest BCUT2D eigenvalue weighted by molar-refractivity contribution is -0.143. The molecule has 0 aliphatic rings. The highest BCUT2D eigenvalue weighted by atomic mass is 79.9. The molecular weight excluding hydrogens is 339 g/mol. The van der Waals surface area contributed by atoms with E-state index in [2.05, 4.69) is 21.0 Å². The standard InChI is InChI=1S/C12H17BrF3N3O/c1-5-18(6-2)11(20)8(4)19-7(3)9(13)10(17-19)12(14,15)16/h8H,5-6H2,1-4H3. The van der Waals surface area contributed by atoms with Gasteiger partial charge in [0.05, 0.1) is 10.2 Å². The predicted molar refractivity (Wildman–Crippen MR) is 72.3 cm³/mol. The Bertz CT molecular complexity index is 495. The molecule has 0 aromatic carbocycles. The number of hydrogen-bond donors (Lipinski definition) is 0. The normalized spacial score (nSPS) is 13.4. The number of carbonyl (C=O) groups excluding carboxylic acids is 1. The quantitative estimate of drug-likeness (QED) is 0.829. The molecule has 114 valence electrons. The second-order valence-electron chi connectivity index (χ2n) is 4.38. The van der Waals surface area contributed by atoms with E-state index in [0.29, 0.717) is 13.1 Å². The van der Waals surface area contributed by atoms with Crippen LogP contribution in [0.3, 0.4) is 0 Å². The number of alkyl halides is 3. The van der Waals surface area contributed by atoms with Crippen LogP contribution in [0.15, 0.2) is 4.47 Å². The lowest BCUT2D eigenvalue weighted by atomic mass is 10.2. The van der Waals surface area contributed by atoms with Gasteiger partial charge in [-0.15, -0.1) is 0 Å². The Labute approximate surface area is 124 Å². The van der Waals surface area contributed by atoms with Crippen molar-refractivity contribution in [2.45, 2.75) is 39.9 Å². The van der Waals surface area contributed by atoms with Crippen molar-refractivity contribution in [2.24, 2.45) is 0 Å². The molecule has 8 heteroatoms. The zero-order valence-corrected chi connectivity index (χ0v) is 13.3. The highest BCUT2D eigenvalue weighted by Crippen LogP contribution is 2.36. The molecule has 0 fully saturated rings. The van der Waals surface area contributed by atoms with Crippen LogP contribution >= 0.6 is 15.9 Å². The Balaban J connectivity index is 3.18. The third kappa shape index (κ3) is 3.16. The first-order valence-corrected chi connectivity index (χ1v) is 7.04. The van der Waals surface area contributed by atoms with Crippen LogP contribution in [0.1, 0.15) is 38.2 Å². The third-order valence-corrected chi connectivity index (χ3v) is 4.09. The maximum atomic E-state index is 12.8. The molecular formula is C12H17BrF3N3O. The minimum Gasteiger partial charge on any atom is -0.341 e.